The fraction of sp³-hybridized carbons (Fsp3) is 0.182. The summed E-state index contributed by atoms with van der Waals surface area (Å²) in [6, 6.07) is 14.0. The number of hydrogen-bond donors (Lipinski definition) is 4. The van der Waals surface area contributed by atoms with Crippen molar-refractivity contribution in [3.63, 3.8) is 0 Å². The van der Waals surface area contributed by atoms with E-state index in [9.17, 15) is 18.3 Å². The monoisotopic (exact) mass is 440 g/mol. The molecule has 0 aliphatic heterocycles. The number of amides is 1. The molecule has 9 heteroatoms. The molecule has 3 aromatic rings. The molecular formula is C22H24N4O4S. The van der Waals surface area contributed by atoms with Crippen LogP contribution in [-0.4, -0.2) is 37.5 Å². The summed E-state index contributed by atoms with van der Waals surface area (Å²) in [6.45, 7) is 1.00. The number of nitrogens with zero attached hydrogens (tertiary/aromatic N) is 1. The van der Waals surface area contributed by atoms with Crippen molar-refractivity contribution >= 4 is 21.4 Å². The van der Waals surface area contributed by atoms with Crippen LogP contribution in [0.1, 0.15) is 27.6 Å². The Morgan fingerprint density at radius 2 is 1.81 bits per heavy atom. The summed E-state index contributed by atoms with van der Waals surface area (Å²) in [5.74, 6) is -0.786. The Balaban J connectivity index is 1.61. The number of anilines is 1. The van der Waals surface area contributed by atoms with Crippen molar-refractivity contribution in [3.05, 3.63) is 83.7 Å². The van der Waals surface area contributed by atoms with Crippen molar-refractivity contribution in [2.45, 2.75) is 22.3 Å². The second-order valence-electron chi connectivity index (χ2n) is 7.02. The lowest BCUT2D eigenvalue weighted by Gasteiger charge is -2.12. The second kappa shape index (κ2) is 9.69. The summed E-state index contributed by atoms with van der Waals surface area (Å²) < 4.78 is 25.7. The van der Waals surface area contributed by atoms with Crippen LogP contribution >= 0.6 is 0 Å². The molecule has 8 nitrogen and oxygen atoms in total. The van der Waals surface area contributed by atoms with Crippen molar-refractivity contribution < 1.29 is 18.3 Å². The number of nitrogens with one attached hydrogen (secondary N) is 1. The molecule has 0 saturated carbocycles. The maximum atomic E-state index is 12.9. The van der Waals surface area contributed by atoms with Gasteiger partial charge in [0.15, 0.2) is 0 Å². The maximum Gasteiger partial charge on any atom is 0.250 e. The molecule has 6 N–H and O–H groups in total. The summed E-state index contributed by atoms with van der Waals surface area (Å²) in [6.07, 6.45) is 3.29. The largest absolute Gasteiger partial charge is 0.398 e. The molecule has 0 aliphatic carbocycles. The van der Waals surface area contributed by atoms with Gasteiger partial charge in [-0.1, -0.05) is 18.2 Å². The van der Waals surface area contributed by atoms with Gasteiger partial charge in [-0.05, 0) is 54.9 Å². The molecule has 2 aromatic carbocycles. The lowest BCUT2D eigenvalue weighted by molar-refractivity contribution is 0.100. The molecule has 1 atom stereocenters. The van der Waals surface area contributed by atoms with E-state index in [2.05, 4.69) is 10.3 Å². The van der Waals surface area contributed by atoms with E-state index in [4.69, 9.17) is 11.5 Å². The highest BCUT2D eigenvalue weighted by Crippen LogP contribution is 2.24. The molecular weight excluding hydrogens is 416 g/mol. The van der Waals surface area contributed by atoms with Crippen molar-refractivity contribution in [3.8, 4) is 0 Å². The molecule has 0 bridgehead atoms. The van der Waals surface area contributed by atoms with Crippen LogP contribution in [0.3, 0.4) is 0 Å². The molecule has 0 unspecified atom stereocenters. The van der Waals surface area contributed by atoms with E-state index >= 15 is 0 Å². The van der Waals surface area contributed by atoms with Crippen LogP contribution < -0.4 is 16.8 Å². The van der Waals surface area contributed by atoms with E-state index in [1.807, 2.05) is 6.07 Å². The minimum Gasteiger partial charge on any atom is -0.398 e. The fourth-order valence-electron chi connectivity index (χ4n) is 3.05. The van der Waals surface area contributed by atoms with Gasteiger partial charge in [0.1, 0.15) is 0 Å². The average molecular weight is 441 g/mol. The van der Waals surface area contributed by atoms with Gasteiger partial charge < -0.3 is 21.9 Å². The Kier molecular flexibility index (Phi) is 7.01. The molecule has 0 saturated heterocycles. The van der Waals surface area contributed by atoms with E-state index in [1.54, 1.807) is 30.6 Å². The van der Waals surface area contributed by atoms with E-state index in [0.717, 1.165) is 11.1 Å². The van der Waals surface area contributed by atoms with Crippen molar-refractivity contribution in [1.29, 1.82) is 0 Å². The summed E-state index contributed by atoms with van der Waals surface area (Å²) in [5, 5.41) is 13.3. The predicted octanol–water partition coefficient (Wildman–Crippen LogP) is 1.46. The second-order valence-corrected chi connectivity index (χ2v) is 8.97. The summed E-state index contributed by atoms with van der Waals surface area (Å²) in [7, 11) is -3.81. The number of carbonyl (C=O) groups excluding carboxylic acids is 1. The standard InChI is InChI=1S/C22H24N4O4S/c23-20-8-7-18(12-19(20)22(24)28)31(29,30)17-5-3-15(4-6-17)9-11-26-14-21(27)16-2-1-10-25-13-16/h1-8,10,12-13,21,26-27H,9,11,14,23H2,(H2,24,28)/t21-/m0/s1. The third-order valence-electron chi connectivity index (χ3n) is 4.83. The van der Waals surface area contributed by atoms with Crippen LogP contribution in [0.2, 0.25) is 0 Å². The molecule has 1 heterocycles. The van der Waals surface area contributed by atoms with Crippen LogP contribution in [-0.2, 0) is 16.3 Å². The molecule has 0 aliphatic rings. The van der Waals surface area contributed by atoms with Crippen molar-refractivity contribution in [2.24, 2.45) is 5.73 Å². The van der Waals surface area contributed by atoms with E-state index in [0.29, 0.717) is 19.5 Å². The molecule has 31 heavy (non-hydrogen) atoms. The number of aliphatic hydroxyl groups is 1. The van der Waals surface area contributed by atoms with Crippen LogP contribution in [0.15, 0.2) is 76.8 Å². The van der Waals surface area contributed by atoms with Gasteiger partial charge in [0.05, 0.1) is 21.5 Å². The topological polar surface area (TPSA) is 148 Å². The van der Waals surface area contributed by atoms with Gasteiger partial charge in [-0.25, -0.2) is 8.42 Å². The number of aliphatic hydroxyl groups excluding tert-OH is 1. The quantitative estimate of drug-likeness (QED) is 0.291. The van der Waals surface area contributed by atoms with Crippen LogP contribution in [0.5, 0.6) is 0 Å². The van der Waals surface area contributed by atoms with Crippen molar-refractivity contribution in [2.75, 3.05) is 18.8 Å². The van der Waals surface area contributed by atoms with Crippen LogP contribution in [0.25, 0.3) is 0 Å². The lowest BCUT2D eigenvalue weighted by Crippen LogP contribution is -2.23. The van der Waals surface area contributed by atoms with Gasteiger partial charge in [0.2, 0.25) is 9.84 Å². The Hall–Kier alpha value is -3.27. The number of sulfone groups is 1. The van der Waals surface area contributed by atoms with Gasteiger partial charge >= 0.3 is 0 Å². The highest BCUT2D eigenvalue weighted by molar-refractivity contribution is 7.91. The van der Waals surface area contributed by atoms with E-state index < -0.39 is 21.8 Å². The highest BCUT2D eigenvalue weighted by Gasteiger charge is 2.20. The number of carbonyl (C=O) groups is 1. The Morgan fingerprint density at radius 3 is 2.45 bits per heavy atom. The first kappa shape index (κ1) is 22.4. The van der Waals surface area contributed by atoms with E-state index in [1.165, 1.54) is 30.3 Å². The number of nitrogen functional groups attached to an aromatic ring is 1. The third-order valence-corrected chi connectivity index (χ3v) is 6.60. The van der Waals surface area contributed by atoms with Gasteiger partial charge in [0, 0.05) is 30.2 Å². The summed E-state index contributed by atoms with van der Waals surface area (Å²) in [5.41, 5.74) is 12.7. The predicted molar refractivity (Wildman–Crippen MR) is 117 cm³/mol. The molecule has 1 aromatic heterocycles. The molecule has 0 radical (unpaired) electrons. The number of primary amides is 1. The molecule has 0 spiro atoms. The zero-order valence-electron chi connectivity index (χ0n) is 16.7. The highest BCUT2D eigenvalue weighted by atomic mass is 32.2. The van der Waals surface area contributed by atoms with Gasteiger partial charge in [-0.2, -0.15) is 0 Å². The smallest absolute Gasteiger partial charge is 0.250 e. The lowest BCUT2D eigenvalue weighted by atomic mass is 10.1. The number of nitrogens with two attached hydrogens (primary N) is 2. The minimum absolute atomic E-state index is 0.0303. The van der Waals surface area contributed by atoms with E-state index in [-0.39, 0.29) is 21.0 Å². The number of aromatic nitrogens is 1. The zero-order chi connectivity index (χ0) is 22.4. The number of rotatable bonds is 9. The van der Waals surface area contributed by atoms with Crippen LogP contribution in [0.4, 0.5) is 5.69 Å². The summed E-state index contributed by atoms with van der Waals surface area (Å²) >= 11 is 0. The Labute approximate surface area is 180 Å². The van der Waals surface area contributed by atoms with Gasteiger partial charge in [-0.15, -0.1) is 0 Å². The first-order valence-electron chi connectivity index (χ1n) is 9.61. The van der Waals surface area contributed by atoms with Crippen LogP contribution in [0, 0.1) is 0 Å². The SMILES string of the molecule is NC(=O)c1cc(S(=O)(=O)c2ccc(CCNC[C@H](O)c3cccnc3)cc2)ccc1N. The number of hydrogen-bond acceptors (Lipinski definition) is 7. The first-order chi connectivity index (χ1) is 14.8. The maximum absolute atomic E-state index is 12.9. The average Bonchev–Trinajstić information content (AvgIpc) is 2.77. The number of benzene rings is 2. The third kappa shape index (κ3) is 5.46. The van der Waals surface area contributed by atoms with Crippen molar-refractivity contribution in [1.82, 2.24) is 10.3 Å². The summed E-state index contributed by atoms with van der Waals surface area (Å²) in [4.78, 5) is 15.5. The zero-order valence-corrected chi connectivity index (χ0v) is 17.5. The Bertz CT molecular complexity index is 1150. The number of pyridine rings is 1. The minimum atomic E-state index is -3.81. The molecule has 0 fully saturated rings. The normalized spacial score (nSPS) is 12.4. The molecule has 3 rings (SSSR count). The molecule has 162 valence electrons. The fourth-order valence-corrected chi connectivity index (χ4v) is 4.34. The van der Waals surface area contributed by atoms with Gasteiger partial charge in [0.25, 0.3) is 5.91 Å². The molecule has 1 amide bonds. The first-order valence-corrected chi connectivity index (χ1v) is 11.1. The Morgan fingerprint density at radius 1 is 1.10 bits per heavy atom. The van der Waals surface area contributed by atoms with Gasteiger partial charge in [-0.3, -0.25) is 9.78 Å².